The molecule has 2 rings (SSSR count). The normalized spacial score (nSPS) is 12.7. The number of aryl methyl sites for hydroxylation is 1. The molecule has 0 spiro atoms. The number of nitrogen functional groups attached to an aromatic ring is 1. The Morgan fingerprint density at radius 1 is 1.40 bits per heavy atom. The molecule has 2 heterocycles. The minimum Gasteiger partial charge on any atom is -0.359 e. The number of nitrogens with one attached hydrogen (secondary N) is 1. The van der Waals surface area contributed by atoms with E-state index in [0.29, 0.717) is 11.9 Å². The van der Waals surface area contributed by atoms with Crippen LogP contribution in [0.2, 0.25) is 0 Å². The molecule has 1 unspecified atom stereocenters. The van der Waals surface area contributed by atoms with E-state index in [0.717, 1.165) is 35.4 Å². The van der Waals surface area contributed by atoms with Crippen LogP contribution in [0.15, 0.2) is 6.07 Å². The predicted molar refractivity (Wildman–Crippen MR) is 87.3 cm³/mol. The summed E-state index contributed by atoms with van der Waals surface area (Å²) in [6, 6.07) is 2.20. The van der Waals surface area contributed by atoms with E-state index in [1.54, 1.807) is 11.3 Å². The quantitative estimate of drug-likeness (QED) is 0.633. The lowest BCUT2D eigenvalue weighted by Gasteiger charge is -2.22. The average molecular weight is 293 g/mol. The Labute approximate surface area is 124 Å². The second-order valence-corrected chi connectivity index (χ2v) is 6.31. The fraction of sp³-hybridized carbons (Fsp3) is 0.571. The van der Waals surface area contributed by atoms with Gasteiger partial charge in [-0.15, -0.1) is 11.3 Å². The highest BCUT2D eigenvalue weighted by atomic mass is 32.1. The van der Waals surface area contributed by atoms with E-state index in [1.807, 2.05) is 0 Å². The highest BCUT2D eigenvalue weighted by molar-refractivity contribution is 7.18. The minimum absolute atomic E-state index is 0.480. The molecular weight excluding hydrogens is 270 g/mol. The van der Waals surface area contributed by atoms with Gasteiger partial charge in [-0.05, 0) is 18.4 Å². The van der Waals surface area contributed by atoms with E-state index < -0.39 is 0 Å². The Bertz CT molecular complexity index is 580. The van der Waals surface area contributed by atoms with Crippen LogP contribution in [0.4, 0.5) is 11.8 Å². The molecule has 0 amide bonds. The number of thiophene rings is 1. The van der Waals surface area contributed by atoms with Gasteiger partial charge in [0.25, 0.3) is 0 Å². The molecule has 20 heavy (non-hydrogen) atoms. The zero-order valence-corrected chi connectivity index (χ0v) is 13.4. The van der Waals surface area contributed by atoms with Crippen molar-refractivity contribution in [3.05, 3.63) is 10.9 Å². The van der Waals surface area contributed by atoms with Gasteiger partial charge in [0.2, 0.25) is 5.95 Å². The first kappa shape index (κ1) is 15.0. The highest BCUT2D eigenvalue weighted by Gasteiger charge is 2.15. The lowest BCUT2D eigenvalue weighted by molar-refractivity contribution is 0.558. The molecule has 0 fully saturated rings. The van der Waals surface area contributed by atoms with Crippen LogP contribution in [0.1, 0.15) is 32.1 Å². The number of hydrazine groups is 1. The van der Waals surface area contributed by atoms with Gasteiger partial charge in [-0.3, -0.25) is 5.43 Å². The maximum absolute atomic E-state index is 5.49. The maximum Gasteiger partial charge on any atom is 0.240 e. The fourth-order valence-corrected chi connectivity index (χ4v) is 3.13. The summed E-state index contributed by atoms with van der Waals surface area (Å²) in [5.41, 5.74) is 2.57. The summed E-state index contributed by atoms with van der Waals surface area (Å²) >= 11 is 1.71. The molecule has 2 aromatic heterocycles. The van der Waals surface area contributed by atoms with Gasteiger partial charge in [0.05, 0.1) is 5.39 Å². The third-order valence-corrected chi connectivity index (χ3v) is 4.72. The molecule has 1 atom stereocenters. The van der Waals surface area contributed by atoms with Crippen LogP contribution in [0.5, 0.6) is 0 Å². The van der Waals surface area contributed by atoms with Crippen LogP contribution in [0, 0.1) is 5.92 Å². The molecule has 0 aliphatic rings. The first-order chi connectivity index (χ1) is 9.58. The molecule has 0 aliphatic heterocycles. The predicted octanol–water partition coefficient (Wildman–Crippen LogP) is 3.02. The maximum atomic E-state index is 5.49. The van der Waals surface area contributed by atoms with Crippen molar-refractivity contribution in [1.29, 1.82) is 0 Å². The van der Waals surface area contributed by atoms with Crippen molar-refractivity contribution in [2.75, 3.05) is 23.9 Å². The van der Waals surface area contributed by atoms with Crippen LogP contribution in [-0.2, 0) is 6.42 Å². The molecule has 0 aromatic carbocycles. The third-order valence-electron chi connectivity index (χ3n) is 3.55. The number of nitrogens with two attached hydrogens (primary N) is 1. The van der Waals surface area contributed by atoms with Crippen molar-refractivity contribution >= 4 is 33.3 Å². The van der Waals surface area contributed by atoms with Gasteiger partial charge in [0.15, 0.2) is 0 Å². The molecule has 3 N–H and O–H groups in total. The second-order valence-electron chi connectivity index (χ2n) is 5.19. The monoisotopic (exact) mass is 293 g/mol. The topological polar surface area (TPSA) is 67.1 Å². The summed E-state index contributed by atoms with van der Waals surface area (Å²) in [7, 11) is 2.08. The molecule has 110 valence electrons. The number of aromatic nitrogens is 2. The Hall–Kier alpha value is -1.40. The van der Waals surface area contributed by atoms with Gasteiger partial charge < -0.3 is 4.90 Å². The van der Waals surface area contributed by atoms with Crippen LogP contribution >= 0.6 is 11.3 Å². The van der Waals surface area contributed by atoms with E-state index >= 15 is 0 Å². The number of hydrogen-bond donors (Lipinski definition) is 2. The molecule has 2 aromatic rings. The lowest BCUT2D eigenvalue weighted by Crippen LogP contribution is -2.25. The van der Waals surface area contributed by atoms with Crippen molar-refractivity contribution in [2.45, 2.75) is 33.6 Å². The van der Waals surface area contributed by atoms with Gasteiger partial charge in [-0.1, -0.05) is 27.2 Å². The SMILES string of the molecule is CCc1cc2c(N(C)CC(C)CC)nc(NN)nc2s1. The Morgan fingerprint density at radius 3 is 2.75 bits per heavy atom. The van der Waals surface area contributed by atoms with Gasteiger partial charge in [0.1, 0.15) is 10.6 Å². The zero-order valence-electron chi connectivity index (χ0n) is 12.6. The molecule has 6 heteroatoms. The van der Waals surface area contributed by atoms with Crippen LogP contribution in [-0.4, -0.2) is 23.6 Å². The van der Waals surface area contributed by atoms with E-state index in [2.05, 4.69) is 54.2 Å². The van der Waals surface area contributed by atoms with Gasteiger partial charge in [0, 0.05) is 18.5 Å². The highest BCUT2D eigenvalue weighted by Crippen LogP contribution is 2.32. The Morgan fingerprint density at radius 2 is 2.15 bits per heavy atom. The standard InChI is InChI=1S/C14H23N5S/c1-5-9(3)8-19(4)12-11-7-10(6-2)20-13(11)17-14(16-12)18-15/h7,9H,5-6,8,15H2,1-4H3,(H,16,17,18). The molecule has 0 radical (unpaired) electrons. The summed E-state index contributed by atoms with van der Waals surface area (Å²) in [6.07, 6.45) is 2.17. The molecule has 0 bridgehead atoms. The third kappa shape index (κ3) is 3.02. The number of anilines is 2. The van der Waals surface area contributed by atoms with Crippen LogP contribution < -0.4 is 16.2 Å². The van der Waals surface area contributed by atoms with Gasteiger partial charge in [-0.25, -0.2) is 10.8 Å². The molecular formula is C14H23N5S. The summed E-state index contributed by atoms with van der Waals surface area (Å²) in [4.78, 5) is 13.5. The first-order valence-electron chi connectivity index (χ1n) is 7.07. The fourth-order valence-electron chi connectivity index (χ4n) is 2.17. The number of rotatable bonds is 6. The summed E-state index contributed by atoms with van der Waals surface area (Å²) in [6.45, 7) is 7.59. The van der Waals surface area contributed by atoms with Crippen molar-refractivity contribution in [3.63, 3.8) is 0 Å². The Balaban J connectivity index is 2.46. The van der Waals surface area contributed by atoms with E-state index in [4.69, 9.17) is 5.84 Å². The van der Waals surface area contributed by atoms with Crippen molar-refractivity contribution in [3.8, 4) is 0 Å². The molecule has 0 aliphatic carbocycles. The summed E-state index contributed by atoms with van der Waals surface area (Å²) < 4.78 is 0. The average Bonchev–Trinajstić information content (AvgIpc) is 2.88. The van der Waals surface area contributed by atoms with Crippen LogP contribution in [0.25, 0.3) is 10.2 Å². The zero-order chi connectivity index (χ0) is 14.7. The summed E-state index contributed by atoms with van der Waals surface area (Å²) in [5, 5.41) is 1.12. The number of fused-ring (bicyclic) bond motifs is 1. The van der Waals surface area contributed by atoms with E-state index in [1.165, 1.54) is 4.88 Å². The lowest BCUT2D eigenvalue weighted by atomic mass is 10.1. The van der Waals surface area contributed by atoms with Crippen molar-refractivity contribution < 1.29 is 0 Å². The molecule has 0 saturated heterocycles. The Kier molecular flexibility index (Phi) is 4.77. The van der Waals surface area contributed by atoms with E-state index in [9.17, 15) is 0 Å². The number of hydrogen-bond acceptors (Lipinski definition) is 6. The first-order valence-corrected chi connectivity index (χ1v) is 7.88. The minimum atomic E-state index is 0.480. The van der Waals surface area contributed by atoms with E-state index in [-0.39, 0.29) is 0 Å². The van der Waals surface area contributed by atoms with Crippen LogP contribution in [0.3, 0.4) is 0 Å². The smallest absolute Gasteiger partial charge is 0.240 e. The van der Waals surface area contributed by atoms with Gasteiger partial charge >= 0.3 is 0 Å². The van der Waals surface area contributed by atoms with Gasteiger partial charge in [-0.2, -0.15) is 4.98 Å². The van der Waals surface area contributed by atoms with Crippen molar-refractivity contribution in [1.82, 2.24) is 9.97 Å². The van der Waals surface area contributed by atoms with Crippen molar-refractivity contribution in [2.24, 2.45) is 11.8 Å². The molecule has 0 saturated carbocycles. The summed E-state index contributed by atoms with van der Waals surface area (Å²) in [5.74, 6) is 7.55. The largest absolute Gasteiger partial charge is 0.359 e. The number of nitrogens with zero attached hydrogens (tertiary/aromatic N) is 3. The molecule has 5 nitrogen and oxygen atoms in total. The second kappa shape index (κ2) is 6.37.